The van der Waals surface area contributed by atoms with E-state index in [2.05, 4.69) is 15.6 Å². The smallest absolute Gasteiger partial charge is 0.322 e. The number of nitrogens with zero attached hydrogens (tertiary/aromatic N) is 2. The third-order valence-corrected chi connectivity index (χ3v) is 5.13. The fourth-order valence-corrected chi connectivity index (χ4v) is 3.48. The van der Waals surface area contributed by atoms with Gasteiger partial charge in [-0.3, -0.25) is 4.79 Å². The van der Waals surface area contributed by atoms with Crippen molar-refractivity contribution in [1.29, 1.82) is 0 Å². The second kappa shape index (κ2) is 9.84. The SMILES string of the molecule is CC(C)N(Cc1nc(C(=O)NCc2ccccc2)cs1)C(=O)Nc1ccccc1. The summed E-state index contributed by atoms with van der Waals surface area (Å²) in [7, 11) is 0. The van der Waals surface area contributed by atoms with Crippen LogP contribution in [-0.4, -0.2) is 27.9 Å². The molecule has 1 heterocycles. The molecule has 0 fully saturated rings. The Bertz CT molecular complexity index is 942. The van der Waals surface area contributed by atoms with Crippen LogP contribution in [0.1, 0.15) is 34.9 Å². The molecule has 1 aromatic heterocycles. The molecular formula is C22H24N4O2S. The summed E-state index contributed by atoms with van der Waals surface area (Å²) < 4.78 is 0. The van der Waals surface area contributed by atoms with Gasteiger partial charge in [-0.15, -0.1) is 11.3 Å². The van der Waals surface area contributed by atoms with Crippen molar-refractivity contribution >= 4 is 29.0 Å². The van der Waals surface area contributed by atoms with E-state index in [1.54, 1.807) is 10.3 Å². The Balaban J connectivity index is 1.60. The summed E-state index contributed by atoms with van der Waals surface area (Å²) in [6.45, 7) is 4.69. The molecule has 0 saturated heterocycles. The number of amides is 3. The molecule has 0 unspecified atom stereocenters. The van der Waals surface area contributed by atoms with E-state index in [1.165, 1.54) is 11.3 Å². The number of thiazole rings is 1. The van der Waals surface area contributed by atoms with Crippen LogP contribution < -0.4 is 10.6 Å². The summed E-state index contributed by atoms with van der Waals surface area (Å²) in [5.74, 6) is -0.221. The average Bonchev–Trinajstić information content (AvgIpc) is 3.20. The summed E-state index contributed by atoms with van der Waals surface area (Å²) in [5.41, 5.74) is 2.14. The number of benzene rings is 2. The highest BCUT2D eigenvalue weighted by Gasteiger charge is 2.20. The van der Waals surface area contributed by atoms with E-state index in [9.17, 15) is 9.59 Å². The highest BCUT2D eigenvalue weighted by Crippen LogP contribution is 2.16. The van der Waals surface area contributed by atoms with E-state index in [-0.39, 0.29) is 18.0 Å². The number of anilines is 1. The number of carbonyl (C=O) groups is 2. The van der Waals surface area contributed by atoms with Gasteiger partial charge in [-0.05, 0) is 31.5 Å². The van der Waals surface area contributed by atoms with Crippen molar-refractivity contribution in [2.45, 2.75) is 33.0 Å². The van der Waals surface area contributed by atoms with Crippen molar-refractivity contribution in [3.8, 4) is 0 Å². The zero-order valence-corrected chi connectivity index (χ0v) is 17.3. The van der Waals surface area contributed by atoms with Gasteiger partial charge >= 0.3 is 6.03 Å². The van der Waals surface area contributed by atoms with Crippen molar-refractivity contribution in [3.63, 3.8) is 0 Å². The van der Waals surface area contributed by atoms with E-state index >= 15 is 0 Å². The van der Waals surface area contributed by atoms with Gasteiger partial charge < -0.3 is 15.5 Å². The molecule has 7 heteroatoms. The lowest BCUT2D eigenvalue weighted by molar-refractivity contribution is 0.0946. The van der Waals surface area contributed by atoms with Gasteiger partial charge in [0.15, 0.2) is 0 Å². The van der Waals surface area contributed by atoms with Crippen LogP contribution >= 0.6 is 11.3 Å². The third kappa shape index (κ3) is 5.89. The van der Waals surface area contributed by atoms with E-state index < -0.39 is 0 Å². The van der Waals surface area contributed by atoms with Gasteiger partial charge in [0, 0.05) is 23.7 Å². The first-order valence-corrected chi connectivity index (χ1v) is 10.3. The van der Waals surface area contributed by atoms with E-state index in [0.717, 1.165) is 11.3 Å². The summed E-state index contributed by atoms with van der Waals surface area (Å²) in [6.07, 6.45) is 0. The fourth-order valence-electron chi connectivity index (χ4n) is 2.71. The number of hydrogen-bond acceptors (Lipinski definition) is 4. The lowest BCUT2D eigenvalue weighted by atomic mass is 10.2. The van der Waals surface area contributed by atoms with Gasteiger partial charge in [-0.1, -0.05) is 48.5 Å². The minimum atomic E-state index is -0.221. The largest absolute Gasteiger partial charge is 0.347 e. The minimum Gasteiger partial charge on any atom is -0.347 e. The molecule has 29 heavy (non-hydrogen) atoms. The van der Waals surface area contributed by atoms with Crippen molar-refractivity contribution in [1.82, 2.24) is 15.2 Å². The Morgan fingerprint density at radius 3 is 2.34 bits per heavy atom. The molecule has 3 aromatic rings. The van der Waals surface area contributed by atoms with Crippen LogP contribution in [0.4, 0.5) is 10.5 Å². The molecule has 150 valence electrons. The van der Waals surface area contributed by atoms with Gasteiger partial charge in [-0.2, -0.15) is 0 Å². The van der Waals surface area contributed by atoms with Gasteiger partial charge in [0.2, 0.25) is 0 Å². The first kappa shape index (κ1) is 20.5. The molecule has 0 spiro atoms. The van der Waals surface area contributed by atoms with Crippen LogP contribution in [0.3, 0.4) is 0 Å². The maximum absolute atomic E-state index is 12.7. The number of carbonyl (C=O) groups excluding carboxylic acids is 2. The summed E-state index contributed by atoms with van der Waals surface area (Å²) in [6, 6.07) is 18.8. The Hall–Kier alpha value is -3.19. The number of hydrogen-bond donors (Lipinski definition) is 2. The molecular weight excluding hydrogens is 384 g/mol. The molecule has 0 atom stereocenters. The molecule has 0 aliphatic carbocycles. The van der Waals surface area contributed by atoms with E-state index in [0.29, 0.717) is 23.8 Å². The highest BCUT2D eigenvalue weighted by atomic mass is 32.1. The van der Waals surface area contributed by atoms with E-state index in [1.807, 2.05) is 74.5 Å². The first-order valence-electron chi connectivity index (χ1n) is 9.42. The Labute approximate surface area is 174 Å². The van der Waals surface area contributed by atoms with Crippen LogP contribution in [0, 0.1) is 0 Å². The molecule has 0 bridgehead atoms. The van der Waals surface area contributed by atoms with Gasteiger partial charge in [0.25, 0.3) is 5.91 Å². The van der Waals surface area contributed by atoms with Crippen molar-refractivity contribution in [3.05, 3.63) is 82.3 Å². The van der Waals surface area contributed by atoms with Crippen LogP contribution in [0.15, 0.2) is 66.0 Å². The fraction of sp³-hybridized carbons (Fsp3) is 0.227. The second-order valence-corrected chi connectivity index (χ2v) is 7.76. The van der Waals surface area contributed by atoms with E-state index in [4.69, 9.17) is 0 Å². The maximum Gasteiger partial charge on any atom is 0.322 e. The van der Waals surface area contributed by atoms with Crippen molar-refractivity contribution < 1.29 is 9.59 Å². The lowest BCUT2D eigenvalue weighted by Crippen LogP contribution is -2.39. The molecule has 2 N–H and O–H groups in total. The zero-order chi connectivity index (χ0) is 20.6. The number of rotatable bonds is 7. The van der Waals surface area contributed by atoms with Crippen LogP contribution in [0.25, 0.3) is 0 Å². The van der Waals surface area contributed by atoms with Gasteiger partial charge in [-0.25, -0.2) is 9.78 Å². The molecule has 3 amide bonds. The summed E-state index contributed by atoms with van der Waals surface area (Å²) >= 11 is 1.38. The van der Waals surface area contributed by atoms with Gasteiger partial charge in [0.05, 0.1) is 6.54 Å². The predicted molar refractivity (Wildman–Crippen MR) is 116 cm³/mol. The van der Waals surface area contributed by atoms with Crippen molar-refractivity contribution in [2.24, 2.45) is 0 Å². The normalized spacial score (nSPS) is 10.6. The monoisotopic (exact) mass is 408 g/mol. The second-order valence-electron chi connectivity index (χ2n) is 6.81. The standard InChI is InChI=1S/C22H24N4O2S/c1-16(2)26(22(28)24-18-11-7-4-8-12-18)14-20-25-19(15-29-20)21(27)23-13-17-9-5-3-6-10-17/h3-12,15-16H,13-14H2,1-2H3,(H,23,27)(H,24,28). The molecule has 0 saturated carbocycles. The van der Waals surface area contributed by atoms with Crippen LogP contribution in [0.5, 0.6) is 0 Å². The number of urea groups is 1. The molecule has 3 rings (SSSR count). The topological polar surface area (TPSA) is 74.3 Å². The van der Waals surface area contributed by atoms with Gasteiger partial charge in [0.1, 0.15) is 10.7 Å². The van der Waals surface area contributed by atoms with Crippen LogP contribution in [0.2, 0.25) is 0 Å². The third-order valence-electron chi connectivity index (χ3n) is 4.30. The average molecular weight is 409 g/mol. The lowest BCUT2D eigenvalue weighted by Gasteiger charge is -2.26. The number of aromatic nitrogens is 1. The highest BCUT2D eigenvalue weighted by molar-refractivity contribution is 7.09. The molecule has 0 aliphatic heterocycles. The Morgan fingerprint density at radius 2 is 1.69 bits per heavy atom. The molecule has 0 aliphatic rings. The van der Waals surface area contributed by atoms with Crippen LogP contribution in [-0.2, 0) is 13.1 Å². The molecule has 2 aromatic carbocycles. The predicted octanol–water partition coefficient (Wildman–Crippen LogP) is 4.52. The Kier molecular flexibility index (Phi) is 6.97. The number of para-hydroxylation sites is 1. The summed E-state index contributed by atoms with van der Waals surface area (Å²) in [4.78, 5) is 31.1. The van der Waals surface area contributed by atoms with Crippen molar-refractivity contribution in [2.75, 3.05) is 5.32 Å². The summed E-state index contributed by atoms with van der Waals surface area (Å²) in [5, 5.41) is 8.21. The first-order chi connectivity index (χ1) is 14.0. The molecule has 0 radical (unpaired) electrons. The molecule has 6 nitrogen and oxygen atoms in total. The quantitative estimate of drug-likeness (QED) is 0.604. The number of nitrogens with one attached hydrogen (secondary N) is 2. The Morgan fingerprint density at radius 1 is 1.03 bits per heavy atom. The minimum absolute atomic E-state index is 0.0158. The zero-order valence-electron chi connectivity index (χ0n) is 16.5. The maximum atomic E-state index is 12.7.